The summed E-state index contributed by atoms with van der Waals surface area (Å²) >= 11 is 1.37. The van der Waals surface area contributed by atoms with Crippen molar-refractivity contribution in [2.24, 2.45) is 0 Å². The number of thioether (sulfide) groups is 1. The van der Waals surface area contributed by atoms with Crippen molar-refractivity contribution in [1.82, 2.24) is 4.90 Å². The van der Waals surface area contributed by atoms with E-state index in [0.717, 1.165) is 49.1 Å². The minimum atomic E-state index is 0.143. The van der Waals surface area contributed by atoms with Crippen LogP contribution in [0.25, 0.3) is 5.70 Å². The van der Waals surface area contributed by atoms with Crippen molar-refractivity contribution in [3.8, 4) is 0 Å². The van der Waals surface area contributed by atoms with Gasteiger partial charge in [0, 0.05) is 30.3 Å². The van der Waals surface area contributed by atoms with Gasteiger partial charge in [0.15, 0.2) is 5.12 Å². The van der Waals surface area contributed by atoms with E-state index in [9.17, 15) is 9.59 Å². The molecule has 0 bridgehead atoms. The van der Waals surface area contributed by atoms with Crippen molar-refractivity contribution in [3.63, 3.8) is 0 Å². The number of hydrogen-bond donors (Lipinski definition) is 0. The molecule has 116 valence electrons. The molecule has 1 aliphatic heterocycles. The lowest BCUT2D eigenvalue weighted by molar-refractivity contribution is -0.109. The maximum absolute atomic E-state index is 12.7. The van der Waals surface area contributed by atoms with Crippen LogP contribution in [0.1, 0.15) is 54.9 Å². The fourth-order valence-corrected chi connectivity index (χ4v) is 3.68. The van der Waals surface area contributed by atoms with Gasteiger partial charge >= 0.3 is 0 Å². The highest BCUT2D eigenvalue weighted by molar-refractivity contribution is 8.13. The molecular weight excluding hydrogens is 294 g/mol. The normalized spacial score (nSPS) is 16.8. The Morgan fingerprint density at radius 2 is 1.91 bits per heavy atom. The number of rotatable bonds is 5. The minimum absolute atomic E-state index is 0.143. The second kappa shape index (κ2) is 6.69. The summed E-state index contributed by atoms with van der Waals surface area (Å²) in [6.45, 7) is 2.36. The summed E-state index contributed by atoms with van der Waals surface area (Å²) in [5, 5.41) is 0.168. The van der Waals surface area contributed by atoms with E-state index < -0.39 is 0 Å². The zero-order valence-electron chi connectivity index (χ0n) is 12.9. The number of hydrogen-bond acceptors (Lipinski definition) is 3. The molecule has 1 heterocycles. The number of carbonyl (C=O) groups excluding carboxylic acids is 2. The van der Waals surface area contributed by atoms with Gasteiger partial charge in [0.2, 0.25) is 0 Å². The van der Waals surface area contributed by atoms with E-state index in [-0.39, 0.29) is 11.0 Å². The number of allylic oxidation sites excluding steroid dienone is 1. The Kier molecular flexibility index (Phi) is 4.67. The summed E-state index contributed by atoms with van der Waals surface area (Å²) in [6, 6.07) is 7.95. The van der Waals surface area contributed by atoms with Crippen molar-refractivity contribution < 1.29 is 9.59 Å². The molecule has 1 fully saturated rings. The highest BCUT2D eigenvalue weighted by Crippen LogP contribution is 2.41. The highest BCUT2D eigenvalue weighted by atomic mass is 32.2. The minimum Gasteiger partial charge on any atom is -0.308 e. The van der Waals surface area contributed by atoms with E-state index >= 15 is 0 Å². The van der Waals surface area contributed by atoms with Crippen molar-refractivity contribution in [2.45, 2.75) is 39.0 Å². The van der Waals surface area contributed by atoms with Gasteiger partial charge in [-0.1, -0.05) is 30.0 Å². The molecule has 0 aromatic heterocycles. The lowest BCUT2D eigenvalue weighted by Crippen LogP contribution is -2.26. The largest absolute Gasteiger partial charge is 0.308 e. The average Bonchev–Trinajstić information content (AvgIpc) is 2.71. The second-order valence-electron chi connectivity index (χ2n) is 5.86. The summed E-state index contributed by atoms with van der Waals surface area (Å²) in [5.74, 6) is 0.986. The smallest absolute Gasteiger partial charge is 0.258 e. The highest BCUT2D eigenvalue weighted by Gasteiger charge is 2.34. The van der Waals surface area contributed by atoms with Gasteiger partial charge in [0.1, 0.15) is 0 Å². The molecule has 0 radical (unpaired) electrons. The number of nitrogens with zero attached hydrogens (tertiary/aromatic N) is 1. The molecule has 1 aromatic carbocycles. The third kappa shape index (κ3) is 2.98. The van der Waals surface area contributed by atoms with E-state index in [1.807, 2.05) is 23.1 Å². The van der Waals surface area contributed by atoms with Crippen molar-refractivity contribution >= 4 is 28.5 Å². The van der Waals surface area contributed by atoms with Crippen LogP contribution in [0.5, 0.6) is 0 Å². The number of unbranched alkanes of at least 4 members (excludes halogenated alkanes) is 1. The van der Waals surface area contributed by atoms with Gasteiger partial charge in [-0.05, 0) is 43.7 Å². The monoisotopic (exact) mass is 315 g/mol. The zero-order chi connectivity index (χ0) is 15.5. The van der Waals surface area contributed by atoms with Crippen molar-refractivity contribution in [3.05, 3.63) is 41.0 Å². The molecule has 2 aliphatic rings. The molecule has 0 unspecified atom stereocenters. The molecule has 1 aromatic rings. The van der Waals surface area contributed by atoms with Gasteiger partial charge in [-0.25, -0.2) is 0 Å². The van der Waals surface area contributed by atoms with Gasteiger partial charge in [-0.3, -0.25) is 9.59 Å². The molecule has 3 nitrogen and oxygen atoms in total. The van der Waals surface area contributed by atoms with Gasteiger partial charge < -0.3 is 4.90 Å². The maximum Gasteiger partial charge on any atom is 0.258 e. The van der Waals surface area contributed by atoms with Crippen LogP contribution < -0.4 is 0 Å². The quantitative estimate of drug-likeness (QED) is 0.768. The first kappa shape index (κ1) is 15.3. The van der Waals surface area contributed by atoms with Crippen LogP contribution in [-0.2, 0) is 4.79 Å². The molecule has 1 amide bonds. The summed E-state index contributed by atoms with van der Waals surface area (Å²) < 4.78 is 0. The first-order valence-electron chi connectivity index (χ1n) is 7.95. The molecule has 1 aliphatic carbocycles. The Labute approximate surface area is 135 Å². The SMILES string of the molecule is CC(=O)SCCCCN1C(=O)c2ccccc2C1=C1CCC1. The lowest BCUT2D eigenvalue weighted by atomic mass is 9.88. The zero-order valence-corrected chi connectivity index (χ0v) is 13.7. The van der Waals surface area contributed by atoms with E-state index in [2.05, 4.69) is 6.07 Å². The average molecular weight is 315 g/mol. The maximum atomic E-state index is 12.7. The molecule has 1 saturated carbocycles. The van der Waals surface area contributed by atoms with Gasteiger partial charge in [-0.15, -0.1) is 0 Å². The number of carbonyl (C=O) groups is 2. The lowest BCUT2D eigenvalue weighted by Gasteiger charge is -2.26. The van der Waals surface area contributed by atoms with Gasteiger partial charge in [0.25, 0.3) is 5.91 Å². The Bertz CT molecular complexity index is 630. The van der Waals surface area contributed by atoms with Crippen LogP contribution in [0.15, 0.2) is 29.8 Å². The van der Waals surface area contributed by atoms with E-state index in [1.54, 1.807) is 6.92 Å². The summed E-state index contributed by atoms with van der Waals surface area (Å²) in [7, 11) is 0. The first-order chi connectivity index (χ1) is 10.7. The van der Waals surface area contributed by atoms with Crippen LogP contribution in [0.3, 0.4) is 0 Å². The standard InChI is InChI=1S/C18H21NO2S/c1-13(20)22-12-5-4-11-19-17(14-7-6-8-14)15-9-2-3-10-16(15)18(19)21/h2-3,9-10H,4-8,11-12H2,1H3. The summed E-state index contributed by atoms with van der Waals surface area (Å²) in [4.78, 5) is 25.6. The van der Waals surface area contributed by atoms with Gasteiger partial charge in [-0.2, -0.15) is 0 Å². The predicted molar refractivity (Wildman–Crippen MR) is 90.6 cm³/mol. The van der Waals surface area contributed by atoms with Crippen molar-refractivity contribution in [2.75, 3.05) is 12.3 Å². The Balaban J connectivity index is 1.71. The molecule has 3 rings (SSSR count). The molecule has 4 heteroatoms. The summed E-state index contributed by atoms with van der Waals surface area (Å²) in [6.07, 6.45) is 5.38. The molecule has 0 N–H and O–H groups in total. The Morgan fingerprint density at radius 1 is 1.18 bits per heavy atom. The fourth-order valence-electron chi connectivity index (χ4n) is 3.04. The van der Waals surface area contributed by atoms with Crippen molar-refractivity contribution in [1.29, 1.82) is 0 Å². The number of fused-ring (bicyclic) bond motifs is 1. The Morgan fingerprint density at radius 3 is 2.55 bits per heavy atom. The van der Waals surface area contributed by atoms with Crippen LogP contribution in [0.2, 0.25) is 0 Å². The Hall–Kier alpha value is -1.55. The van der Waals surface area contributed by atoms with Crippen LogP contribution in [0, 0.1) is 0 Å². The topological polar surface area (TPSA) is 37.4 Å². The van der Waals surface area contributed by atoms with Crippen LogP contribution in [-0.4, -0.2) is 28.2 Å². The predicted octanol–water partition coefficient (Wildman–Crippen LogP) is 4.10. The molecule has 0 saturated heterocycles. The van der Waals surface area contributed by atoms with E-state index in [0.29, 0.717) is 0 Å². The van der Waals surface area contributed by atoms with Crippen LogP contribution >= 0.6 is 11.8 Å². The van der Waals surface area contributed by atoms with Crippen LogP contribution in [0.4, 0.5) is 0 Å². The third-order valence-electron chi connectivity index (χ3n) is 4.30. The van der Waals surface area contributed by atoms with Gasteiger partial charge in [0.05, 0.1) is 5.70 Å². The summed E-state index contributed by atoms with van der Waals surface area (Å²) in [5.41, 5.74) is 4.55. The van der Waals surface area contributed by atoms with E-state index in [1.165, 1.54) is 29.5 Å². The fraction of sp³-hybridized carbons (Fsp3) is 0.444. The molecule has 0 spiro atoms. The first-order valence-corrected chi connectivity index (χ1v) is 8.93. The number of benzene rings is 1. The second-order valence-corrected chi connectivity index (χ2v) is 7.13. The molecular formula is C18H21NO2S. The molecule has 22 heavy (non-hydrogen) atoms. The molecule has 0 atom stereocenters. The third-order valence-corrected chi connectivity index (χ3v) is 5.20. The van der Waals surface area contributed by atoms with E-state index in [4.69, 9.17) is 0 Å². The number of amides is 1.